The van der Waals surface area contributed by atoms with Gasteiger partial charge in [-0.25, -0.2) is 8.42 Å². The minimum absolute atomic E-state index is 0.163. The molecule has 2 aromatic carbocycles. The molecular weight excluding hydrogens is 330 g/mol. The van der Waals surface area contributed by atoms with Gasteiger partial charge in [0.25, 0.3) is 10.0 Å². The van der Waals surface area contributed by atoms with Crippen molar-refractivity contribution in [3.05, 3.63) is 58.1 Å². The van der Waals surface area contributed by atoms with Gasteiger partial charge in [-0.2, -0.15) is 0 Å². The van der Waals surface area contributed by atoms with Gasteiger partial charge in [0.05, 0.1) is 10.6 Å². The number of nitrogens with one attached hydrogen (secondary N) is 1. The molecule has 0 spiro atoms. The summed E-state index contributed by atoms with van der Waals surface area (Å²) in [6.45, 7) is 9.70. The van der Waals surface area contributed by atoms with E-state index >= 15 is 0 Å². The number of sulfonamides is 1. The molecule has 0 aliphatic heterocycles. The topological polar surface area (TPSA) is 46.2 Å². The van der Waals surface area contributed by atoms with Crippen molar-refractivity contribution in [2.75, 3.05) is 4.72 Å². The zero-order valence-corrected chi connectivity index (χ0v) is 15.6. The van der Waals surface area contributed by atoms with Crippen molar-refractivity contribution in [2.45, 2.75) is 44.9 Å². The molecule has 0 aliphatic rings. The van der Waals surface area contributed by atoms with E-state index in [0.29, 0.717) is 16.3 Å². The van der Waals surface area contributed by atoms with Crippen LogP contribution in [0.5, 0.6) is 0 Å². The summed E-state index contributed by atoms with van der Waals surface area (Å²) in [5.41, 5.74) is 2.76. The van der Waals surface area contributed by atoms with Crippen molar-refractivity contribution in [3.63, 3.8) is 0 Å². The standard InChI is InChI=1S/C18H22ClNO2S/c1-12-11-17(13(2)10-15(12)19)23(21,22)20-16-9-7-6-8-14(16)18(3,4)5/h6-11,20H,1-5H3. The second-order valence-electron chi connectivity index (χ2n) is 6.77. The average molecular weight is 352 g/mol. The van der Waals surface area contributed by atoms with Crippen molar-refractivity contribution in [1.82, 2.24) is 0 Å². The number of rotatable bonds is 3. The lowest BCUT2D eigenvalue weighted by Gasteiger charge is -2.23. The van der Waals surface area contributed by atoms with E-state index in [9.17, 15) is 8.42 Å². The molecule has 0 saturated carbocycles. The smallest absolute Gasteiger partial charge is 0.262 e. The minimum Gasteiger partial charge on any atom is -0.279 e. The molecule has 0 unspecified atom stereocenters. The Bertz CT molecular complexity index is 837. The van der Waals surface area contributed by atoms with Crippen LogP contribution in [0, 0.1) is 13.8 Å². The van der Waals surface area contributed by atoms with Crippen LogP contribution in [-0.4, -0.2) is 8.42 Å². The fourth-order valence-electron chi connectivity index (χ4n) is 2.47. The van der Waals surface area contributed by atoms with Crippen molar-refractivity contribution < 1.29 is 8.42 Å². The fourth-order valence-corrected chi connectivity index (χ4v) is 4.08. The number of anilines is 1. The summed E-state index contributed by atoms with van der Waals surface area (Å²) in [5, 5.41) is 0.566. The Labute approximate surface area is 143 Å². The van der Waals surface area contributed by atoms with Crippen LogP contribution >= 0.6 is 11.6 Å². The van der Waals surface area contributed by atoms with Gasteiger partial charge in [-0.05, 0) is 54.2 Å². The zero-order chi connectivity index (χ0) is 17.4. The fraction of sp³-hybridized carbons (Fsp3) is 0.333. The Hall–Kier alpha value is -1.52. The molecule has 124 valence electrons. The van der Waals surface area contributed by atoms with Gasteiger partial charge in [0.2, 0.25) is 0 Å². The second kappa shape index (κ2) is 6.17. The average Bonchev–Trinajstić information content (AvgIpc) is 2.41. The summed E-state index contributed by atoms with van der Waals surface area (Å²) in [5.74, 6) is 0. The quantitative estimate of drug-likeness (QED) is 0.840. The van der Waals surface area contributed by atoms with E-state index in [0.717, 1.165) is 11.1 Å². The number of aryl methyl sites for hydroxylation is 2. The molecule has 0 radical (unpaired) electrons. The van der Waals surface area contributed by atoms with Gasteiger partial charge in [-0.3, -0.25) is 4.72 Å². The molecule has 3 nitrogen and oxygen atoms in total. The Morgan fingerprint density at radius 2 is 1.61 bits per heavy atom. The Balaban J connectivity index is 2.51. The maximum atomic E-state index is 12.8. The normalized spacial score (nSPS) is 12.3. The number of hydrogen-bond acceptors (Lipinski definition) is 2. The van der Waals surface area contributed by atoms with E-state index < -0.39 is 10.0 Å². The molecule has 0 heterocycles. The Morgan fingerprint density at radius 3 is 2.22 bits per heavy atom. The highest BCUT2D eigenvalue weighted by Crippen LogP contribution is 2.32. The lowest BCUT2D eigenvalue weighted by Crippen LogP contribution is -2.19. The van der Waals surface area contributed by atoms with Crippen molar-refractivity contribution >= 4 is 27.3 Å². The van der Waals surface area contributed by atoms with Crippen LogP contribution in [0.2, 0.25) is 5.02 Å². The molecule has 0 atom stereocenters. The molecule has 0 aromatic heterocycles. The first-order chi connectivity index (χ1) is 10.5. The molecule has 2 rings (SSSR count). The van der Waals surface area contributed by atoms with E-state index in [4.69, 9.17) is 11.6 Å². The van der Waals surface area contributed by atoms with Gasteiger partial charge in [0.1, 0.15) is 0 Å². The highest BCUT2D eigenvalue weighted by molar-refractivity contribution is 7.92. The van der Waals surface area contributed by atoms with Crippen LogP contribution in [-0.2, 0) is 15.4 Å². The third kappa shape index (κ3) is 3.88. The van der Waals surface area contributed by atoms with Crippen LogP contribution < -0.4 is 4.72 Å². The van der Waals surface area contributed by atoms with Crippen LogP contribution in [0.25, 0.3) is 0 Å². The number of hydrogen-bond donors (Lipinski definition) is 1. The van der Waals surface area contributed by atoms with Crippen LogP contribution in [0.15, 0.2) is 41.3 Å². The number of halogens is 1. The predicted octanol–water partition coefficient (Wildman–Crippen LogP) is 5.06. The molecule has 0 amide bonds. The van der Waals surface area contributed by atoms with Crippen LogP contribution in [0.3, 0.4) is 0 Å². The van der Waals surface area contributed by atoms with E-state index in [1.165, 1.54) is 0 Å². The Morgan fingerprint density at radius 1 is 1.00 bits per heavy atom. The summed E-state index contributed by atoms with van der Waals surface area (Å²) in [6.07, 6.45) is 0. The van der Waals surface area contributed by atoms with Crippen LogP contribution in [0.4, 0.5) is 5.69 Å². The first kappa shape index (κ1) is 17.8. The molecular formula is C18H22ClNO2S. The summed E-state index contributed by atoms with van der Waals surface area (Å²) in [6, 6.07) is 10.8. The summed E-state index contributed by atoms with van der Waals surface area (Å²) < 4.78 is 28.3. The molecule has 5 heteroatoms. The van der Waals surface area contributed by atoms with E-state index in [2.05, 4.69) is 25.5 Å². The molecule has 1 N–H and O–H groups in total. The molecule has 23 heavy (non-hydrogen) atoms. The molecule has 0 fully saturated rings. The predicted molar refractivity (Wildman–Crippen MR) is 96.9 cm³/mol. The maximum Gasteiger partial charge on any atom is 0.262 e. The van der Waals surface area contributed by atoms with Gasteiger partial charge in [-0.15, -0.1) is 0 Å². The van der Waals surface area contributed by atoms with Crippen LogP contribution in [0.1, 0.15) is 37.5 Å². The molecule has 0 aliphatic carbocycles. The third-order valence-electron chi connectivity index (χ3n) is 3.73. The van der Waals surface area contributed by atoms with E-state index in [1.54, 1.807) is 32.0 Å². The third-order valence-corrected chi connectivity index (χ3v) is 5.64. The molecule has 0 saturated heterocycles. The minimum atomic E-state index is -3.67. The number of para-hydroxylation sites is 1. The van der Waals surface area contributed by atoms with Gasteiger partial charge >= 0.3 is 0 Å². The summed E-state index contributed by atoms with van der Waals surface area (Å²) in [4.78, 5) is 0.253. The molecule has 2 aromatic rings. The summed E-state index contributed by atoms with van der Waals surface area (Å²) >= 11 is 6.07. The first-order valence-corrected chi connectivity index (χ1v) is 9.27. The maximum absolute atomic E-state index is 12.8. The molecule has 0 bridgehead atoms. The van der Waals surface area contributed by atoms with Crippen molar-refractivity contribution in [3.8, 4) is 0 Å². The lowest BCUT2D eigenvalue weighted by atomic mass is 9.86. The highest BCUT2D eigenvalue weighted by Gasteiger charge is 2.23. The summed E-state index contributed by atoms with van der Waals surface area (Å²) in [7, 11) is -3.67. The van der Waals surface area contributed by atoms with Gasteiger partial charge in [-0.1, -0.05) is 50.6 Å². The van der Waals surface area contributed by atoms with Gasteiger partial charge < -0.3 is 0 Å². The highest BCUT2D eigenvalue weighted by atomic mass is 35.5. The monoisotopic (exact) mass is 351 g/mol. The number of benzene rings is 2. The second-order valence-corrected chi connectivity index (χ2v) is 8.83. The van der Waals surface area contributed by atoms with Crippen molar-refractivity contribution in [2.24, 2.45) is 0 Å². The largest absolute Gasteiger partial charge is 0.279 e. The first-order valence-electron chi connectivity index (χ1n) is 7.41. The zero-order valence-electron chi connectivity index (χ0n) is 14.1. The van der Waals surface area contributed by atoms with Gasteiger partial charge in [0.15, 0.2) is 0 Å². The SMILES string of the molecule is Cc1cc(S(=O)(=O)Nc2ccccc2C(C)(C)C)c(C)cc1Cl. The lowest BCUT2D eigenvalue weighted by molar-refractivity contribution is 0.590. The van der Waals surface area contributed by atoms with Gasteiger partial charge in [0, 0.05) is 5.02 Å². The van der Waals surface area contributed by atoms with E-state index in [-0.39, 0.29) is 10.3 Å². The van der Waals surface area contributed by atoms with E-state index in [1.807, 2.05) is 18.2 Å². The van der Waals surface area contributed by atoms with Crippen molar-refractivity contribution in [1.29, 1.82) is 0 Å². The Kier molecular flexibility index (Phi) is 4.79.